The molecule has 1 aliphatic rings. The number of halogens is 3. The highest BCUT2D eigenvalue weighted by atomic mass is 79.9. The van der Waals surface area contributed by atoms with Crippen LogP contribution in [0.15, 0.2) is 16.6 Å². The van der Waals surface area contributed by atoms with Crippen LogP contribution in [0.5, 0.6) is 0 Å². The summed E-state index contributed by atoms with van der Waals surface area (Å²) in [6, 6.07) is 2.14. The van der Waals surface area contributed by atoms with Crippen LogP contribution in [0.4, 0.5) is 8.78 Å². The van der Waals surface area contributed by atoms with Gasteiger partial charge in [-0.3, -0.25) is 4.79 Å². The van der Waals surface area contributed by atoms with Crippen molar-refractivity contribution in [2.24, 2.45) is 0 Å². The molecular weight excluding hydrogens is 282 g/mol. The van der Waals surface area contributed by atoms with E-state index in [0.717, 1.165) is 12.1 Å². The predicted molar refractivity (Wildman–Crippen MR) is 57.2 cm³/mol. The second-order valence-electron chi connectivity index (χ2n) is 4.10. The molecule has 0 spiro atoms. The number of hydrogen-bond acceptors (Lipinski definition) is 1. The highest BCUT2D eigenvalue weighted by Gasteiger charge is 2.47. The van der Waals surface area contributed by atoms with E-state index in [1.165, 1.54) is 0 Å². The fraction of sp³-hybridized carbons (Fsp3) is 0.364. The Morgan fingerprint density at radius 1 is 1.38 bits per heavy atom. The van der Waals surface area contributed by atoms with Crippen molar-refractivity contribution in [3.63, 3.8) is 0 Å². The van der Waals surface area contributed by atoms with Gasteiger partial charge < -0.3 is 5.11 Å². The van der Waals surface area contributed by atoms with Crippen molar-refractivity contribution in [1.82, 2.24) is 0 Å². The largest absolute Gasteiger partial charge is 0.481 e. The van der Waals surface area contributed by atoms with Crippen molar-refractivity contribution in [2.75, 3.05) is 0 Å². The summed E-state index contributed by atoms with van der Waals surface area (Å²) in [7, 11) is 0. The highest BCUT2D eigenvalue weighted by Crippen LogP contribution is 2.52. The van der Waals surface area contributed by atoms with Gasteiger partial charge in [-0.2, -0.15) is 0 Å². The van der Waals surface area contributed by atoms with Crippen molar-refractivity contribution in [2.45, 2.75) is 24.7 Å². The lowest BCUT2D eigenvalue weighted by Gasteiger charge is -2.14. The zero-order chi connectivity index (χ0) is 11.9. The molecule has 0 saturated heterocycles. The van der Waals surface area contributed by atoms with Gasteiger partial charge in [0.15, 0.2) is 0 Å². The number of rotatable bonds is 3. The summed E-state index contributed by atoms with van der Waals surface area (Å²) >= 11 is 2.89. The van der Waals surface area contributed by atoms with Gasteiger partial charge in [0.1, 0.15) is 11.6 Å². The van der Waals surface area contributed by atoms with E-state index in [9.17, 15) is 13.6 Å². The van der Waals surface area contributed by atoms with E-state index in [1.54, 1.807) is 0 Å². The number of carboxylic acid groups (broad SMARTS) is 1. The summed E-state index contributed by atoms with van der Waals surface area (Å²) in [6.07, 6.45) is 1.04. The highest BCUT2D eigenvalue weighted by molar-refractivity contribution is 9.10. The first-order valence-electron chi connectivity index (χ1n) is 4.81. The first kappa shape index (κ1) is 11.5. The Morgan fingerprint density at radius 2 is 2.00 bits per heavy atom. The van der Waals surface area contributed by atoms with Crippen molar-refractivity contribution in [3.8, 4) is 0 Å². The lowest BCUT2D eigenvalue weighted by molar-refractivity contribution is -0.137. The molecular formula is C11H9BrF2O2. The molecule has 1 saturated carbocycles. The molecule has 2 nitrogen and oxygen atoms in total. The van der Waals surface area contributed by atoms with Gasteiger partial charge in [-0.05, 0) is 46.5 Å². The van der Waals surface area contributed by atoms with Gasteiger partial charge in [-0.15, -0.1) is 0 Å². The quantitative estimate of drug-likeness (QED) is 0.868. The molecule has 0 heterocycles. The minimum atomic E-state index is -0.986. The monoisotopic (exact) mass is 290 g/mol. The van der Waals surface area contributed by atoms with Crippen LogP contribution in [0.2, 0.25) is 0 Å². The van der Waals surface area contributed by atoms with Crippen molar-refractivity contribution in [3.05, 3.63) is 33.8 Å². The van der Waals surface area contributed by atoms with Gasteiger partial charge in [-0.1, -0.05) is 0 Å². The number of benzene rings is 1. The Labute approximate surface area is 99.4 Å². The van der Waals surface area contributed by atoms with E-state index in [0.29, 0.717) is 12.8 Å². The Balaban J connectivity index is 2.41. The summed E-state index contributed by atoms with van der Waals surface area (Å²) in [4.78, 5) is 10.7. The van der Waals surface area contributed by atoms with Gasteiger partial charge in [0, 0.05) is 5.41 Å². The molecule has 1 fully saturated rings. The van der Waals surface area contributed by atoms with Crippen LogP contribution in [0.1, 0.15) is 24.8 Å². The lowest BCUT2D eigenvalue weighted by atomic mass is 9.92. The normalized spacial score (nSPS) is 17.2. The molecule has 0 radical (unpaired) electrons. The maximum Gasteiger partial charge on any atom is 0.304 e. The molecule has 0 aliphatic heterocycles. The van der Waals surface area contributed by atoms with E-state index in [4.69, 9.17) is 5.11 Å². The van der Waals surface area contributed by atoms with E-state index in [-0.39, 0.29) is 16.5 Å². The summed E-state index contributed by atoms with van der Waals surface area (Å²) in [5.74, 6) is -2.10. The second kappa shape index (κ2) is 3.80. The van der Waals surface area contributed by atoms with Crippen molar-refractivity contribution in [1.29, 1.82) is 0 Å². The number of hydrogen-bond donors (Lipinski definition) is 1. The molecule has 1 N–H and O–H groups in total. The molecule has 0 atom stereocenters. The van der Waals surface area contributed by atoms with Crippen LogP contribution in [0, 0.1) is 11.6 Å². The molecule has 0 aromatic heterocycles. The summed E-state index contributed by atoms with van der Waals surface area (Å²) in [5, 5.41) is 8.74. The Bertz CT molecular complexity index is 456. The lowest BCUT2D eigenvalue weighted by Crippen LogP contribution is -2.15. The van der Waals surface area contributed by atoms with Crippen molar-refractivity contribution < 1.29 is 18.7 Å². The van der Waals surface area contributed by atoms with Crippen LogP contribution in [0.3, 0.4) is 0 Å². The smallest absolute Gasteiger partial charge is 0.304 e. The molecule has 1 aromatic rings. The molecule has 2 rings (SSSR count). The third-order valence-electron chi connectivity index (χ3n) is 2.92. The fourth-order valence-corrected chi connectivity index (χ4v) is 2.23. The van der Waals surface area contributed by atoms with Crippen LogP contribution in [-0.4, -0.2) is 11.1 Å². The van der Waals surface area contributed by atoms with Crippen molar-refractivity contribution >= 4 is 21.9 Å². The topological polar surface area (TPSA) is 37.3 Å². The van der Waals surface area contributed by atoms with E-state index < -0.39 is 23.0 Å². The first-order chi connectivity index (χ1) is 7.44. The molecule has 0 bridgehead atoms. The molecule has 0 amide bonds. The molecule has 16 heavy (non-hydrogen) atoms. The van der Waals surface area contributed by atoms with Gasteiger partial charge in [0.05, 0.1) is 10.9 Å². The molecule has 0 unspecified atom stereocenters. The summed E-state index contributed by atoms with van der Waals surface area (Å²) < 4.78 is 27.0. The van der Waals surface area contributed by atoms with Crippen LogP contribution < -0.4 is 0 Å². The first-order valence-corrected chi connectivity index (χ1v) is 5.61. The van der Waals surface area contributed by atoms with E-state index in [2.05, 4.69) is 15.9 Å². The van der Waals surface area contributed by atoms with Gasteiger partial charge in [0.2, 0.25) is 0 Å². The predicted octanol–water partition coefficient (Wildman–Crippen LogP) is 3.23. The SMILES string of the molecule is O=C(O)CC1(c2cc(F)c(Br)cc2F)CC1. The summed E-state index contributed by atoms with van der Waals surface area (Å²) in [5.41, 5.74) is -0.520. The standard InChI is InChI=1S/C11H9BrF2O2/c12-7-4-8(13)6(3-9(7)14)11(1-2-11)5-10(15)16/h3-4H,1-2,5H2,(H,15,16). The summed E-state index contributed by atoms with van der Waals surface area (Å²) in [6.45, 7) is 0. The van der Waals surface area contributed by atoms with E-state index in [1.807, 2.05) is 0 Å². The average Bonchev–Trinajstić information content (AvgIpc) is 2.91. The Kier molecular flexibility index (Phi) is 2.74. The number of carbonyl (C=O) groups is 1. The average molecular weight is 291 g/mol. The van der Waals surface area contributed by atoms with Crippen LogP contribution >= 0.6 is 15.9 Å². The van der Waals surface area contributed by atoms with Gasteiger partial charge in [-0.25, -0.2) is 8.78 Å². The van der Waals surface area contributed by atoms with Gasteiger partial charge in [0.25, 0.3) is 0 Å². The zero-order valence-corrected chi connectivity index (χ0v) is 9.85. The Morgan fingerprint density at radius 3 is 2.50 bits per heavy atom. The number of aliphatic carboxylic acids is 1. The minimum absolute atomic E-state index is 0.0554. The molecule has 1 aromatic carbocycles. The molecule has 86 valence electrons. The minimum Gasteiger partial charge on any atom is -0.481 e. The number of carboxylic acids is 1. The maximum absolute atomic E-state index is 13.6. The van der Waals surface area contributed by atoms with Gasteiger partial charge >= 0.3 is 5.97 Å². The fourth-order valence-electron chi connectivity index (χ4n) is 1.91. The molecule has 1 aliphatic carbocycles. The molecule has 5 heteroatoms. The second-order valence-corrected chi connectivity index (χ2v) is 4.95. The van der Waals surface area contributed by atoms with Crippen LogP contribution in [-0.2, 0) is 10.2 Å². The Hall–Kier alpha value is -0.970. The third kappa shape index (κ3) is 1.96. The third-order valence-corrected chi connectivity index (χ3v) is 3.53. The zero-order valence-electron chi connectivity index (χ0n) is 8.27. The maximum atomic E-state index is 13.6. The van der Waals surface area contributed by atoms with Crippen LogP contribution in [0.25, 0.3) is 0 Å². The van der Waals surface area contributed by atoms with E-state index >= 15 is 0 Å².